The molecule has 2 saturated heterocycles. The number of likely N-dealkylation sites (N-methyl/N-ethyl adjacent to an activating group) is 1. The summed E-state index contributed by atoms with van der Waals surface area (Å²) in [6, 6.07) is 0.00680. The molecule has 0 aromatic rings. The SMILES string of the molecule is CNC1C(=O)N(CC2CCOCC2)CCCC1C. The molecule has 2 unspecified atom stereocenters. The van der Waals surface area contributed by atoms with Crippen molar-refractivity contribution in [3.05, 3.63) is 0 Å². The van der Waals surface area contributed by atoms with Gasteiger partial charge in [-0.1, -0.05) is 6.92 Å². The van der Waals surface area contributed by atoms with Gasteiger partial charge in [0.1, 0.15) is 0 Å². The topological polar surface area (TPSA) is 41.6 Å². The van der Waals surface area contributed by atoms with Crippen LogP contribution < -0.4 is 5.32 Å². The summed E-state index contributed by atoms with van der Waals surface area (Å²) in [5, 5.41) is 3.19. The maximum absolute atomic E-state index is 12.5. The fraction of sp³-hybridized carbons (Fsp3) is 0.929. The molecule has 104 valence electrons. The Morgan fingerprint density at radius 1 is 1.33 bits per heavy atom. The third-order valence-corrected chi connectivity index (χ3v) is 4.36. The van der Waals surface area contributed by atoms with Crippen LogP contribution in [0.3, 0.4) is 0 Å². The highest BCUT2D eigenvalue weighted by Crippen LogP contribution is 2.22. The average Bonchev–Trinajstić information content (AvgIpc) is 2.51. The van der Waals surface area contributed by atoms with E-state index in [1.807, 2.05) is 7.05 Å². The minimum atomic E-state index is 0.00680. The predicted molar refractivity (Wildman–Crippen MR) is 71.4 cm³/mol. The number of rotatable bonds is 3. The van der Waals surface area contributed by atoms with E-state index in [0.29, 0.717) is 17.7 Å². The lowest BCUT2D eigenvalue weighted by molar-refractivity contribution is -0.134. The first-order valence-corrected chi connectivity index (χ1v) is 7.26. The quantitative estimate of drug-likeness (QED) is 0.824. The number of ether oxygens (including phenoxy) is 1. The highest BCUT2D eigenvalue weighted by molar-refractivity contribution is 5.82. The van der Waals surface area contributed by atoms with E-state index < -0.39 is 0 Å². The fourth-order valence-electron chi connectivity index (χ4n) is 3.15. The zero-order valence-corrected chi connectivity index (χ0v) is 11.7. The molecule has 2 atom stereocenters. The predicted octanol–water partition coefficient (Wildman–Crippen LogP) is 1.26. The Kier molecular flexibility index (Phi) is 5.01. The Labute approximate surface area is 110 Å². The molecule has 2 aliphatic heterocycles. The van der Waals surface area contributed by atoms with Crippen LogP contribution in [0.1, 0.15) is 32.6 Å². The van der Waals surface area contributed by atoms with Crippen LogP contribution in [0.2, 0.25) is 0 Å². The van der Waals surface area contributed by atoms with Gasteiger partial charge in [0.2, 0.25) is 5.91 Å². The fourth-order valence-corrected chi connectivity index (χ4v) is 3.15. The van der Waals surface area contributed by atoms with Gasteiger partial charge >= 0.3 is 0 Å². The lowest BCUT2D eigenvalue weighted by atomic mass is 9.97. The molecule has 1 N–H and O–H groups in total. The number of nitrogens with one attached hydrogen (secondary N) is 1. The van der Waals surface area contributed by atoms with Crippen molar-refractivity contribution >= 4 is 5.91 Å². The number of likely N-dealkylation sites (tertiary alicyclic amines) is 1. The van der Waals surface area contributed by atoms with Crippen LogP contribution in [0.5, 0.6) is 0 Å². The monoisotopic (exact) mass is 254 g/mol. The zero-order chi connectivity index (χ0) is 13.0. The van der Waals surface area contributed by atoms with Gasteiger partial charge in [-0.15, -0.1) is 0 Å². The van der Waals surface area contributed by atoms with Crippen molar-refractivity contribution in [1.29, 1.82) is 0 Å². The molecular weight excluding hydrogens is 228 g/mol. The van der Waals surface area contributed by atoms with Crippen LogP contribution in [-0.2, 0) is 9.53 Å². The highest BCUT2D eigenvalue weighted by Gasteiger charge is 2.32. The molecule has 2 rings (SSSR count). The Morgan fingerprint density at radius 2 is 2.06 bits per heavy atom. The Morgan fingerprint density at radius 3 is 2.72 bits per heavy atom. The van der Waals surface area contributed by atoms with Crippen LogP contribution in [0.25, 0.3) is 0 Å². The second-order valence-electron chi connectivity index (χ2n) is 5.73. The number of amides is 1. The van der Waals surface area contributed by atoms with Crippen molar-refractivity contribution in [3.63, 3.8) is 0 Å². The average molecular weight is 254 g/mol. The lowest BCUT2D eigenvalue weighted by Crippen LogP contribution is -2.48. The highest BCUT2D eigenvalue weighted by atomic mass is 16.5. The number of carbonyl (C=O) groups is 1. The molecule has 0 aliphatic carbocycles. The molecule has 0 aromatic carbocycles. The summed E-state index contributed by atoms with van der Waals surface area (Å²) in [6.45, 7) is 5.75. The Hall–Kier alpha value is -0.610. The largest absolute Gasteiger partial charge is 0.381 e. The summed E-state index contributed by atoms with van der Waals surface area (Å²) in [5.41, 5.74) is 0. The van der Waals surface area contributed by atoms with E-state index in [4.69, 9.17) is 4.74 Å². The van der Waals surface area contributed by atoms with Crippen molar-refractivity contribution in [3.8, 4) is 0 Å². The van der Waals surface area contributed by atoms with Gasteiger partial charge in [0.25, 0.3) is 0 Å². The van der Waals surface area contributed by atoms with Crippen molar-refractivity contribution in [2.45, 2.75) is 38.6 Å². The standard InChI is InChI=1S/C14H26N2O2/c1-11-4-3-7-16(14(17)13(11)15-2)10-12-5-8-18-9-6-12/h11-13,15H,3-10H2,1-2H3. The third kappa shape index (κ3) is 3.23. The third-order valence-electron chi connectivity index (χ3n) is 4.36. The van der Waals surface area contributed by atoms with Crippen LogP contribution in [0, 0.1) is 11.8 Å². The first-order valence-electron chi connectivity index (χ1n) is 7.26. The molecule has 0 saturated carbocycles. The van der Waals surface area contributed by atoms with Gasteiger partial charge in [-0.05, 0) is 44.6 Å². The number of carbonyl (C=O) groups excluding carboxylic acids is 1. The second kappa shape index (κ2) is 6.53. The van der Waals surface area contributed by atoms with Crippen LogP contribution in [0.4, 0.5) is 0 Å². The van der Waals surface area contributed by atoms with Gasteiger partial charge in [0.15, 0.2) is 0 Å². The zero-order valence-electron chi connectivity index (χ0n) is 11.7. The molecule has 0 bridgehead atoms. The van der Waals surface area contributed by atoms with E-state index >= 15 is 0 Å². The van der Waals surface area contributed by atoms with Crippen LogP contribution in [-0.4, -0.2) is 50.2 Å². The van der Waals surface area contributed by atoms with Gasteiger partial charge in [-0.25, -0.2) is 0 Å². The van der Waals surface area contributed by atoms with Crippen molar-refractivity contribution in [2.24, 2.45) is 11.8 Å². The molecule has 2 fully saturated rings. The van der Waals surface area contributed by atoms with Gasteiger partial charge in [0.05, 0.1) is 6.04 Å². The summed E-state index contributed by atoms with van der Waals surface area (Å²) in [6.07, 6.45) is 4.48. The maximum atomic E-state index is 12.5. The summed E-state index contributed by atoms with van der Waals surface area (Å²) >= 11 is 0. The van der Waals surface area contributed by atoms with Gasteiger partial charge < -0.3 is 15.0 Å². The lowest BCUT2D eigenvalue weighted by Gasteiger charge is -2.31. The van der Waals surface area contributed by atoms with Crippen LogP contribution >= 0.6 is 0 Å². The van der Waals surface area contributed by atoms with E-state index in [1.54, 1.807) is 0 Å². The van der Waals surface area contributed by atoms with E-state index in [2.05, 4.69) is 17.1 Å². The smallest absolute Gasteiger partial charge is 0.239 e. The minimum absolute atomic E-state index is 0.00680. The molecule has 0 radical (unpaired) electrons. The van der Waals surface area contributed by atoms with Gasteiger partial charge in [-0.3, -0.25) is 4.79 Å². The van der Waals surface area contributed by atoms with Crippen LogP contribution in [0.15, 0.2) is 0 Å². The molecule has 4 nitrogen and oxygen atoms in total. The number of hydrogen-bond donors (Lipinski definition) is 1. The maximum Gasteiger partial charge on any atom is 0.239 e. The molecule has 2 heterocycles. The molecule has 0 spiro atoms. The Bertz CT molecular complexity index is 277. The van der Waals surface area contributed by atoms with Crippen molar-refractivity contribution in [1.82, 2.24) is 10.2 Å². The molecule has 18 heavy (non-hydrogen) atoms. The molecule has 2 aliphatic rings. The first-order chi connectivity index (χ1) is 8.72. The summed E-state index contributed by atoms with van der Waals surface area (Å²) < 4.78 is 5.38. The minimum Gasteiger partial charge on any atom is -0.381 e. The van der Waals surface area contributed by atoms with E-state index in [0.717, 1.165) is 52.0 Å². The molecular formula is C14H26N2O2. The molecule has 1 amide bonds. The number of nitrogens with zero attached hydrogens (tertiary/aromatic N) is 1. The van der Waals surface area contributed by atoms with E-state index in [9.17, 15) is 4.79 Å². The first kappa shape index (κ1) is 13.8. The summed E-state index contributed by atoms with van der Waals surface area (Å²) in [4.78, 5) is 14.6. The van der Waals surface area contributed by atoms with E-state index in [1.165, 1.54) is 0 Å². The second-order valence-corrected chi connectivity index (χ2v) is 5.73. The van der Waals surface area contributed by atoms with Gasteiger partial charge in [-0.2, -0.15) is 0 Å². The molecule has 4 heteroatoms. The summed E-state index contributed by atoms with van der Waals surface area (Å²) in [5.74, 6) is 1.38. The molecule has 0 aromatic heterocycles. The van der Waals surface area contributed by atoms with Crippen molar-refractivity contribution < 1.29 is 9.53 Å². The van der Waals surface area contributed by atoms with E-state index in [-0.39, 0.29) is 6.04 Å². The van der Waals surface area contributed by atoms with Gasteiger partial charge in [0, 0.05) is 26.3 Å². The Balaban J connectivity index is 1.95. The number of hydrogen-bond acceptors (Lipinski definition) is 3. The summed E-state index contributed by atoms with van der Waals surface area (Å²) in [7, 11) is 1.90. The van der Waals surface area contributed by atoms with Crippen molar-refractivity contribution in [2.75, 3.05) is 33.4 Å². The normalized spacial score (nSPS) is 31.4.